The van der Waals surface area contributed by atoms with Crippen LogP contribution in [-0.2, 0) is 5.41 Å². The molecule has 1 aliphatic rings. The van der Waals surface area contributed by atoms with E-state index in [0.29, 0.717) is 40.3 Å². The number of pyridine rings is 2. The number of amides is 1. The number of aryl methyl sites for hydroxylation is 1. The van der Waals surface area contributed by atoms with Crippen molar-refractivity contribution in [3.8, 4) is 16.9 Å². The fraction of sp³-hybridized carbons (Fsp3) is 0.407. The molecule has 1 atom stereocenters. The molecule has 0 spiro atoms. The van der Waals surface area contributed by atoms with Crippen LogP contribution in [0.2, 0.25) is 0 Å². The van der Waals surface area contributed by atoms with E-state index in [-0.39, 0.29) is 11.3 Å². The molecule has 0 radical (unpaired) electrons. The maximum Gasteiger partial charge on any atom is 0.258 e. The number of rotatable bonds is 6. The second-order valence-electron chi connectivity index (χ2n) is 10.9. The summed E-state index contributed by atoms with van der Waals surface area (Å²) in [7, 11) is 4.24. The summed E-state index contributed by atoms with van der Waals surface area (Å²) in [6.07, 6.45) is 8.16. The summed E-state index contributed by atoms with van der Waals surface area (Å²) in [6.45, 7) is 9.87. The Kier molecular flexibility index (Phi) is 6.70. The van der Waals surface area contributed by atoms with Gasteiger partial charge in [0.1, 0.15) is 11.5 Å². The third-order valence-corrected chi connectivity index (χ3v) is 6.83. The lowest BCUT2D eigenvalue weighted by atomic mass is 9.93. The maximum absolute atomic E-state index is 12.9. The summed E-state index contributed by atoms with van der Waals surface area (Å²) in [5.74, 6) is 0.699. The van der Waals surface area contributed by atoms with Gasteiger partial charge < -0.3 is 19.6 Å². The van der Waals surface area contributed by atoms with Crippen molar-refractivity contribution < 1.29 is 9.32 Å². The second-order valence-corrected chi connectivity index (χ2v) is 10.9. The van der Waals surface area contributed by atoms with E-state index in [9.17, 15) is 4.79 Å². The normalized spacial score (nSPS) is 15.9. The van der Waals surface area contributed by atoms with Gasteiger partial charge in [0.2, 0.25) is 0 Å². The van der Waals surface area contributed by atoms with Crippen LogP contribution >= 0.6 is 0 Å². The number of nitrogens with one attached hydrogen (secondary N) is 1. The first-order chi connectivity index (χ1) is 18.1. The number of carbonyl (C=O) groups is 1. The van der Waals surface area contributed by atoms with Gasteiger partial charge in [-0.25, -0.2) is 4.68 Å². The number of anilines is 2. The molecule has 0 saturated carbocycles. The van der Waals surface area contributed by atoms with Gasteiger partial charge in [-0.2, -0.15) is 0 Å². The van der Waals surface area contributed by atoms with Crippen LogP contribution in [0.15, 0.2) is 47.5 Å². The molecule has 4 aromatic rings. The standard InChI is InChI=1S/C27H33N9O2/c1-17-23(10-19(13-29-17)26(37)30-25-11-24(38-32-25)27(2,3)4)36-16-22(31-33-36)18-9-21(14-28-12-18)35-8-7-20(15-35)34(5)6/h9-14,16,20H,7-8,15H2,1-6H3,(H,30,32,37). The summed E-state index contributed by atoms with van der Waals surface area (Å²) >= 11 is 0. The van der Waals surface area contributed by atoms with E-state index in [1.165, 1.54) is 6.20 Å². The van der Waals surface area contributed by atoms with Gasteiger partial charge in [0.05, 0.1) is 35.0 Å². The lowest BCUT2D eigenvalue weighted by Gasteiger charge is -2.21. The molecule has 38 heavy (non-hydrogen) atoms. The highest BCUT2D eigenvalue weighted by Gasteiger charge is 2.25. The van der Waals surface area contributed by atoms with Crippen molar-refractivity contribution in [3.05, 3.63) is 60.0 Å². The first-order valence-electron chi connectivity index (χ1n) is 12.6. The molecular formula is C27H33N9O2. The molecule has 1 fully saturated rings. The molecule has 0 aliphatic carbocycles. The first kappa shape index (κ1) is 25.5. The van der Waals surface area contributed by atoms with Crippen molar-refractivity contribution in [2.24, 2.45) is 0 Å². The van der Waals surface area contributed by atoms with Gasteiger partial charge in [0.25, 0.3) is 5.91 Å². The van der Waals surface area contributed by atoms with Crippen LogP contribution in [0.4, 0.5) is 11.5 Å². The van der Waals surface area contributed by atoms with Crippen LogP contribution < -0.4 is 10.2 Å². The molecule has 1 unspecified atom stereocenters. The van der Waals surface area contributed by atoms with Crippen molar-refractivity contribution >= 4 is 17.4 Å². The van der Waals surface area contributed by atoms with Crippen LogP contribution in [-0.4, -0.2) is 74.2 Å². The summed E-state index contributed by atoms with van der Waals surface area (Å²) < 4.78 is 7.00. The lowest BCUT2D eigenvalue weighted by molar-refractivity contribution is 0.102. The maximum atomic E-state index is 12.9. The Morgan fingerprint density at radius 2 is 1.97 bits per heavy atom. The second kappa shape index (κ2) is 9.97. The molecule has 5 rings (SSSR count). The Balaban J connectivity index is 1.35. The zero-order chi connectivity index (χ0) is 27.0. The summed E-state index contributed by atoms with van der Waals surface area (Å²) in [4.78, 5) is 26.4. The molecule has 198 valence electrons. The molecule has 4 aromatic heterocycles. The highest BCUT2D eigenvalue weighted by Crippen LogP contribution is 2.27. The summed E-state index contributed by atoms with van der Waals surface area (Å²) in [6, 6.07) is 6.10. The Hall–Kier alpha value is -4.12. The fourth-order valence-corrected chi connectivity index (χ4v) is 4.41. The average Bonchev–Trinajstić information content (AvgIpc) is 3.65. The van der Waals surface area contributed by atoms with E-state index in [1.807, 2.05) is 40.1 Å². The highest BCUT2D eigenvalue weighted by atomic mass is 16.5. The van der Waals surface area contributed by atoms with Gasteiger partial charge in [-0.3, -0.25) is 14.8 Å². The number of likely N-dealkylation sites (N-methyl/N-ethyl adjacent to an activating group) is 1. The minimum absolute atomic E-state index is 0.211. The zero-order valence-corrected chi connectivity index (χ0v) is 22.6. The highest BCUT2D eigenvalue weighted by molar-refractivity contribution is 6.03. The smallest absolute Gasteiger partial charge is 0.258 e. The molecule has 0 bridgehead atoms. The molecular weight excluding hydrogens is 482 g/mol. The van der Waals surface area contributed by atoms with Crippen molar-refractivity contribution in [1.29, 1.82) is 0 Å². The van der Waals surface area contributed by atoms with E-state index >= 15 is 0 Å². The molecule has 11 heteroatoms. The van der Waals surface area contributed by atoms with Gasteiger partial charge in [-0.15, -0.1) is 5.10 Å². The van der Waals surface area contributed by atoms with Gasteiger partial charge in [-0.05, 0) is 39.6 Å². The minimum Gasteiger partial charge on any atom is -0.369 e. The predicted molar refractivity (Wildman–Crippen MR) is 145 cm³/mol. The Bertz CT molecular complexity index is 1450. The zero-order valence-electron chi connectivity index (χ0n) is 22.6. The van der Waals surface area contributed by atoms with Crippen LogP contribution in [0.3, 0.4) is 0 Å². The number of hydrogen-bond donors (Lipinski definition) is 1. The fourth-order valence-electron chi connectivity index (χ4n) is 4.41. The van der Waals surface area contributed by atoms with Crippen LogP contribution in [0, 0.1) is 6.92 Å². The Labute approximate surface area is 221 Å². The molecule has 1 amide bonds. The van der Waals surface area contributed by atoms with Gasteiger partial charge in [0.15, 0.2) is 5.82 Å². The van der Waals surface area contributed by atoms with E-state index in [1.54, 1.807) is 23.0 Å². The van der Waals surface area contributed by atoms with E-state index < -0.39 is 0 Å². The summed E-state index contributed by atoms with van der Waals surface area (Å²) in [5.41, 5.74) is 4.17. The van der Waals surface area contributed by atoms with Gasteiger partial charge >= 0.3 is 0 Å². The molecule has 11 nitrogen and oxygen atoms in total. The van der Waals surface area contributed by atoms with Crippen LogP contribution in [0.1, 0.15) is 49.0 Å². The number of aromatic nitrogens is 6. The monoisotopic (exact) mass is 515 g/mol. The van der Waals surface area contributed by atoms with Crippen LogP contribution in [0.25, 0.3) is 16.9 Å². The lowest BCUT2D eigenvalue weighted by Crippen LogP contribution is -2.31. The quantitative estimate of drug-likeness (QED) is 0.410. The van der Waals surface area contributed by atoms with E-state index in [4.69, 9.17) is 4.52 Å². The average molecular weight is 516 g/mol. The van der Waals surface area contributed by atoms with Crippen molar-refractivity contribution in [2.75, 3.05) is 37.4 Å². The van der Waals surface area contributed by atoms with E-state index in [0.717, 1.165) is 30.8 Å². The number of carbonyl (C=O) groups excluding carboxylic acids is 1. The number of nitrogens with zero attached hydrogens (tertiary/aromatic N) is 8. The van der Waals surface area contributed by atoms with Crippen molar-refractivity contribution in [1.82, 2.24) is 35.0 Å². The molecule has 1 aliphatic heterocycles. The third kappa shape index (κ3) is 5.28. The summed E-state index contributed by atoms with van der Waals surface area (Å²) in [5, 5.41) is 15.4. The SMILES string of the molecule is Cc1ncc(C(=O)Nc2cc(C(C)(C)C)on2)cc1-n1cc(-c2cncc(N3CCC(N(C)C)C3)c2)nn1. The Morgan fingerprint density at radius 1 is 1.16 bits per heavy atom. The first-order valence-corrected chi connectivity index (χ1v) is 12.6. The van der Waals surface area contributed by atoms with Crippen molar-refractivity contribution in [2.45, 2.75) is 45.6 Å². The predicted octanol–water partition coefficient (Wildman–Crippen LogP) is 3.71. The van der Waals surface area contributed by atoms with Crippen molar-refractivity contribution in [3.63, 3.8) is 0 Å². The molecule has 1 saturated heterocycles. The topological polar surface area (TPSA) is 118 Å². The minimum atomic E-state index is -0.341. The molecule has 5 heterocycles. The molecule has 0 aromatic carbocycles. The van der Waals surface area contributed by atoms with E-state index in [2.05, 4.69) is 60.7 Å². The van der Waals surface area contributed by atoms with Gasteiger partial charge in [-0.1, -0.05) is 31.1 Å². The molecule has 1 N–H and O–H groups in total. The Morgan fingerprint density at radius 3 is 2.68 bits per heavy atom. The number of hydrogen-bond acceptors (Lipinski definition) is 9. The largest absolute Gasteiger partial charge is 0.369 e. The van der Waals surface area contributed by atoms with Crippen LogP contribution in [0.5, 0.6) is 0 Å². The third-order valence-electron chi connectivity index (χ3n) is 6.83. The van der Waals surface area contributed by atoms with Gasteiger partial charge in [0, 0.05) is 48.6 Å².